The molecule has 122 valence electrons. The van der Waals surface area contributed by atoms with Gasteiger partial charge < -0.3 is 15.4 Å². The molecule has 0 spiro atoms. The van der Waals surface area contributed by atoms with E-state index in [2.05, 4.69) is 29.4 Å². The summed E-state index contributed by atoms with van der Waals surface area (Å²) in [6, 6.07) is 0. The summed E-state index contributed by atoms with van der Waals surface area (Å²) < 4.78 is 5.34. The van der Waals surface area contributed by atoms with Gasteiger partial charge in [-0.15, -0.1) is 0 Å². The molecule has 21 heavy (non-hydrogen) atoms. The first-order valence-electron chi connectivity index (χ1n) is 7.51. The smallest absolute Gasteiger partial charge is 0.239 e. The second-order valence-corrected chi connectivity index (χ2v) is 7.12. The SMILES string of the molecule is CC(C)(C)C(=O)NCC(=O)NCC(C)(C)N1CCOCC1. The summed E-state index contributed by atoms with van der Waals surface area (Å²) in [7, 11) is 0. The van der Waals surface area contributed by atoms with Crippen molar-refractivity contribution in [1.82, 2.24) is 15.5 Å². The molecule has 0 radical (unpaired) electrons. The third kappa shape index (κ3) is 6.01. The van der Waals surface area contributed by atoms with Crippen molar-refractivity contribution in [3.05, 3.63) is 0 Å². The fraction of sp³-hybridized carbons (Fsp3) is 0.867. The highest BCUT2D eigenvalue weighted by Crippen LogP contribution is 2.15. The molecule has 1 heterocycles. The molecule has 6 nitrogen and oxygen atoms in total. The Morgan fingerprint density at radius 1 is 1.05 bits per heavy atom. The highest BCUT2D eigenvalue weighted by Gasteiger charge is 2.28. The van der Waals surface area contributed by atoms with E-state index in [4.69, 9.17) is 4.74 Å². The zero-order valence-electron chi connectivity index (χ0n) is 13.9. The topological polar surface area (TPSA) is 70.7 Å². The van der Waals surface area contributed by atoms with Crippen molar-refractivity contribution in [2.75, 3.05) is 39.4 Å². The standard InChI is InChI=1S/C15H29N3O3/c1-14(2,3)13(20)16-10-12(19)17-11-15(4,5)18-6-8-21-9-7-18/h6-11H2,1-5H3,(H,16,20)(H,17,19). The van der Waals surface area contributed by atoms with Gasteiger partial charge in [0.1, 0.15) is 0 Å². The number of carbonyl (C=O) groups is 2. The average molecular weight is 299 g/mol. The lowest BCUT2D eigenvalue weighted by Crippen LogP contribution is -2.56. The summed E-state index contributed by atoms with van der Waals surface area (Å²) in [5.41, 5.74) is -0.596. The van der Waals surface area contributed by atoms with Crippen LogP contribution in [-0.4, -0.2) is 61.6 Å². The molecule has 2 N–H and O–H groups in total. The molecular weight excluding hydrogens is 270 g/mol. The monoisotopic (exact) mass is 299 g/mol. The van der Waals surface area contributed by atoms with Gasteiger partial charge in [0.15, 0.2) is 0 Å². The number of hydrogen-bond donors (Lipinski definition) is 2. The molecule has 1 aliphatic heterocycles. The number of hydrogen-bond acceptors (Lipinski definition) is 4. The summed E-state index contributed by atoms with van der Waals surface area (Å²) in [4.78, 5) is 25.8. The average Bonchev–Trinajstić information content (AvgIpc) is 2.42. The van der Waals surface area contributed by atoms with Crippen LogP contribution in [0.3, 0.4) is 0 Å². The van der Waals surface area contributed by atoms with Crippen molar-refractivity contribution in [3.63, 3.8) is 0 Å². The number of nitrogens with zero attached hydrogens (tertiary/aromatic N) is 1. The van der Waals surface area contributed by atoms with Crippen molar-refractivity contribution < 1.29 is 14.3 Å². The van der Waals surface area contributed by atoms with Gasteiger partial charge in [0.2, 0.25) is 11.8 Å². The number of ether oxygens (including phenoxy) is 1. The molecule has 0 atom stereocenters. The molecule has 1 rings (SSSR count). The van der Waals surface area contributed by atoms with E-state index in [0.29, 0.717) is 6.54 Å². The van der Waals surface area contributed by atoms with Crippen LogP contribution >= 0.6 is 0 Å². The number of carbonyl (C=O) groups excluding carboxylic acids is 2. The molecule has 0 bridgehead atoms. The van der Waals surface area contributed by atoms with Crippen molar-refractivity contribution in [2.24, 2.45) is 5.41 Å². The van der Waals surface area contributed by atoms with Crippen LogP contribution < -0.4 is 10.6 Å². The summed E-state index contributed by atoms with van der Waals surface area (Å²) >= 11 is 0. The van der Waals surface area contributed by atoms with E-state index in [1.54, 1.807) is 0 Å². The van der Waals surface area contributed by atoms with Gasteiger partial charge in [-0.3, -0.25) is 14.5 Å². The zero-order chi connectivity index (χ0) is 16.1. The predicted molar refractivity (Wildman–Crippen MR) is 81.9 cm³/mol. The van der Waals surface area contributed by atoms with E-state index in [-0.39, 0.29) is 23.9 Å². The van der Waals surface area contributed by atoms with Crippen molar-refractivity contribution >= 4 is 11.8 Å². The van der Waals surface area contributed by atoms with Crippen LogP contribution in [0, 0.1) is 5.41 Å². The normalized spacial score (nSPS) is 17.4. The molecule has 2 amide bonds. The third-order valence-corrected chi connectivity index (χ3v) is 3.68. The summed E-state index contributed by atoms with van der Waals surface area (Å²) in [5.74, 6) is -0.279. The van der Waals surface area contributed by atoms with Crippen molar-refractivity contribution in [3.8, 4) is 0 Å². The Morgan fingerprint density at radius 3 is 2.14 bits per heavy atom. The number of nitrogens with one attached hydrogen (secondary N) is 2. The Kier molecular flexibility index (Phi) is 6.16. The van der Waals surface area contributed by atoms with Crippen molar-refractivity contribution in [2.45, 2.75) is 40.2 Å². The van der Waals surface area contributed by atoms with Gasteiger partial charge in [-0.1, -0.05) is 20.8 Å². The van der Waals surface area contributed by atoms with E-state index >= 15 is 0 Å². The molecule has 0 unspecified atom stereocenters. The molecule has 0 aromatic carbocycles. The highest BCUT2D eigenvalue weighted by molar-refractivity contribution is 5.87. The van der Waals surface area contributed by atoms with E-state index in [1.165, 1.54) is 0 Å². The lowest BCUT2D eigenvalue weighted by atomic mass is 9.96. The quantitative estimate of drug-likeness (QED) is 0.770. The van der Waals surface area contributed by atoms with E-state index in [1.807, 2.05) is 20.8 Å². The zero-order valence-corrected chi connectivity index (χ0v) is 13.9. The van der Waals surface area contributed by atoms with E-state index in [0.717, 1.165) is 26.3 Å². The Bertz CT molecular complexity index is 369. The fourth-order valence-corrected chi connectivity index (χ4v) is 2.08. The third-order valence-electron chi connectivity index (χ3n) is 3.68. The van der Waals surface area contributed by atoms with Gasteiger partial charge in [0, 0.05) is 30.6 Å². The molecular formula is C15H29N3O3. The first-order chi connectivity index (χ1) is 9.63. The van der Waals surface area contributed by atoms with Gasteiger partial charge in [0.05, 0.1) is 19.8 Å². The molecule has 1 saturated heterocycles. The largest absolute Gasteiger partial charge is 0.379 e. The maximum Gasteiger partial charge on any atom is 0.239 e. The number of morpholine rings is 1. The van der Waals surface area contributed by atoms with Gasteiger partial charge in [-0.2, -0.15) is 0 Å². The van der Waals surface area contributed by atoms with E-state index in [9.17, 15) is 9.59 Å². The predicted octanol–water partition coefficient (Wildman–Crippen LogP) is 0.376. The Morgan fingerprint density at radius 2 is 1.62 bits per heavy atom. The van der Waals surface area contributed by atoms with Crippen LogP contribution in [-0.2, 0) is 14.3 Å². The van der Waals surface area contributed by atoms with Gasteiger partial charge in [-0.25, -0.2) is 0 Å². The second-order valence-electron chi connectivity index (χ2n) is 7.12. The number of rotatable bonds is 5. The molecule has 1 aliphatic rings. The van der Waals surface area contributed by atoms with Crippen LogP contribution in [0.4, 0.5) is 0 Å². The molecule has 0 saturated carbocycles. The maximum atomic E-state index is 11.8. The highest BCUT2D eigenvalue weighted by atomic mass is 16.5. The molecule has 6 heteroatoms. The fourth-order valence-electron chi connectivity index (χ4n) is 2.08. The Labute approximate surface area is 127 Å². The minimum Gasteiger partial charge on any atom is -0.379 e. The van der Waals surface area contributed by atoms with Gasteiger partial charge in [-0.05, 0) is 13.8 Å². The molecule has 0 aliphatic carbocycles. The van der Waals surface area contributed by atoms with Gasteiger partial charge >= 0.3 is 0 Å². The first kappa shape index (κ1) is 17.9. The lowest BCUT2D eigenvalue weighted by Gasteiger charge is -2.40. The minimum absolute atomic E-state index is 0.0231. The maximum absolute atomic E-state index is 11.8. The number of amides is 2. The van der Waals surface area contributed by atoms with E-state index < -0.39 is 5.41 Å². The minimum atomic E-state index is -0.479. The molecule has 0 aromatic rings. The van der Waals surface area contributed by atoms with Crippen molar-refractivity contribution in [1.29, 1.82) is 0 Å². The first-order valence-corrected chi connectivity index (χ1v) is 7.51. The summed E-state index contributed by atoms with van der Waals surface area (Å²) in [5, 5.41) is 5.54. The molecule has 0 aromatic heterocycles. The van der Waals surface area contributed by atoms with Gasteiger partial charge in [0.25, 0.3) is 0 Å². The van der Waals surface area contributed by atoms with Crippen LogP contribution in [0.15, 0.2) is 0 Å². The second kappa shape index (κ2) is 7.22. The lowest BCUT2D eigenvalue weighted by molar-refractivity contribution is -0.131. The molecule has 1 fully saturated rings. The Hall–Kier alpha value is -1.14. The van der Waals surface area contributed by atoms with Crippen LogP contribution in [0.1, 0.15) is 34.6 Å². The van der Waals surface area contributed by atoms with Crippen LogP contribution in [0.2, 0.25) is 0 Å². The van der Waals surface area contributed by atoms with Crippen LogP contribution in [0.25, 0.3) is 0 Å². The summed E-state index contributed by atoms with van der Waals surface area (Å²) in [6.07, 6.45) is 0. The summed E-state index contributed by atoms with van der Waals surface area (Å²) in [6.45, 7) is 13.5. The Balaban J connectivity index is 2.33. The van der Waals surface area contributed by atoms with Crippen LogP contribution in [0.5, 0.6) is 0 Å².